The summed E-state index contributed by atoms with van der Waals surface area (Å²) in [6.45, 7) is 5.45. The molecule has 33 heavy (non-hydrogen) atoms. The van der Waals surface area contributed by atoms with E-state index >= 15 is 0 Å². The van der Waals surface area contributed by atoms with Gasteiger partial charge in [0.25, 0.3) is 0 Å². The first-order valence-corrected chi connectivity index (χ1v) is 10.5. The maximum Gasteiger partial charge on any atom is 0.350 e. The molecule has 0 saturated heterocycles. The maximum absolute atomic E-state index is 14.8. The zero-order valence-electron chi connectivity index (χ0n) is 18.4. The summed E-state index contributed by atoms with van der Waals surface area (Å²) in [6.07, 6.45) is 3.98. The van der Waals surface area contributed by atoms with Crippen LogP contribution in [0.2, 0.25) is 0 Å². The summed E-state index contributed by atoms with van der Waals surface area (Å²) < 4.78 is 32.1. The van der Waals surface area contributed by atoms with Crippen LogP contribution in [-0.4, -0.2) is 34.2 Å². The molecule has 1 N–H and O–H groups in total. The SMILES string of the molecule is CC(C)c1ccc(-n2cnn([C@H](C)[C@](O)(Cn3cncn3)c3ccc(F)cc3F)c2=O)cc1. The van der Waals surface area contributed by atoms with E-state index in [1.54, 1.807) is 6.92 Å². The van der Waals surface area contributed by atoms with Crippen LogP contribution in [0.3, 0.4) is 0 Å². The predicted octanol–water partition coefficient (Wildman–Crippen LogP) is 3.18. The highest BCUT2D eigenvalue weighted by Gasteiger charge is 2.41. The first-order valence-electron chi connectivity index (χ1n) is 10.5. The van der Waals surface area contributed by atoms with Crippen molar-refractivity contribution in [2.45, 2.75) is 44.9 Å². The molecule has 10 heteroatoms. The van der Waals surface area contributed by atoms with Gasteiger partial charge in [-0.15, -0.1) is 0 Å². The Labute approximate surface area is 188 Å². The molecule has 0 amide bonds. The van der Waals surface area contributed by atoms with E-state index < -0.39 is 29.0 Å². The van der Waals surface area contributed by atoms with Gasteiger partial charge in [0, 0.05) is 11.6 Å². The lowest BCUT2D eigenvalue weighted by atomic mass is 9.86. The smallest absolute Gasteiger partial charge is 0.350 e. The van der Waals surface area contributed by atoms with Gasteiger partial charge >= 0.3 is 5.69 Å². The van der Waals surface area contributed by atoms with Gasteiger partial charge in [0.05, 0.1) is 18.3 Å². The summed E-state index contributed by atoms with van der Waals surface area (Å²) in [7, 11) is 0. The Morgan fingerprint density at radius 3 is 2.36 bits per heavy atom. The molecule has 0 radical (unpaired) electrons. The molecule has 8 nitrogen and oxygen atoms in total. The van der Waals surface area contributed by atoms with Gasteiger partial charge in [-0.25, -0.2) is 32.5 Å². The minimum Gasteiger partial charge on any atom is -0.381 e. The van der Waals surface area contributed by atoms with E-state index in [1.807, 2.05) is 24.3 Å². The van der Waals surface area contributed by atoms with Crippen molar-refractivity contribution in [3.63, 3.8) is 0 Å². The third kappa shape index (κ3) is 4.21. The summed E-state index contributed by atoms with van der Waals surface area (Å²) in [5.74, 6) is -1.38. The number of hydrogen-bond donors (Lipinski definition) is 1. The van der Waals surface area contributed by atoms with Crippen molar-refractivity contribution in [1.29, 1.82) is 0 Å². The minimum absolute atomic E-state index is 0.186. The summed E-state index contributed by atoms with van der Waals surface area (Å²) >= 11 is 0. The summed E-state index contributed by atoms with van der Waals surface area (Å²) in [6, 6.07) is 9.35. The average molecular weight is 454 g/mol. The molecule has 4 aromatic rings. The van der Waals surface area contributed by atoms with Crippen LogP contribution in [0.15, 0.2) is 66.2 Å². The highest BCUT2D eigenvalue weighted by molar-refractivity contribution is 5.35. The van der Waals surface area contributed by atoms with Gasteiger partial charge in [-0.1, -0.05) is 32.0 Å². The normalized spacial score (nSPS) is 14.4. The lowest BCUT2D eigenvalue weighted by Gasteiger charge is -2.34. The second kappa shape index (κ2) is 8.70. The van der Waals surface area contributed by atoms with E-state index in [9.17, 15) is 18.7 Å². The number of aromatic nitrogens is 6. The molecule has 2 atom stereocenters. The van der Waals surface area contributed by atoms with Crippen LogP contribution in [0.1, 0.15) is 43.9 Å². The van der Waals surface area contributed by atoms with Crippen LogP contribution >= 0.6 is 0 Å². The predicted molar refractivity (Wildman–Crippen MR) is 117 cm³/mol. The quantitative estimate of drug-likeness (QED) is 0.463. The van der Waals surface area contributed by atoms with Crippen LogP contribution < -0.4 is 5.69 Å². The van der Waals surface area contributed by atoms with Crippen molar-refractivity contribution in [2.24, 2.45) is 0 Å². The second-order valence-electron chi connectivity index (χ2n) is 8.29. The fraction of sp³-hybridized carbons (Fsp3) is 0.304. The first kappa shape index (κ1) is 22.5. The largest absolute Gasteiger partial charge is 0.381 e. The van der Waals surface area contributed by atoms with Gasteiger partial charge in [-0.3, -0.25) is 0 Å². The average Bonchev–Trinajstić information content (AvgIpc) is 3.42. The van der Waals surface area contributed by atoms with Crippen LogP contribution in [-0.2, 0) is 12.1 Å². The van der Waals surface area contributed by atoms with E-state index in [0.717, 1.165) is 22.4 Å². The number of halogens is 2. The van der Waals surface area contributed by atoms with Crippen molar-refractivity contribution >= 4 is 0 Å². The minimum atomic E-state index is -1.99. The van der Waals surface area contributed by atoms with Gasteiger partial charge in [-0.05, 0) is 36.6 Å². The van der Waals surface area contributed by atoms with Gasteiger partial charge in [0.1, 0.15) is 36.2 Å². The fourth-order valence-electron chi connectivity index (χ4n) is 3.83. The highest BCUT2D eigenvalue weighted by Crippen LogP contribution is 2.35. The Morgan fingerprint density at radius 2 is 1.76 bits per heavy atom. The van der Waals surface area contributed by atoms with Gasteiger partial charge in [-0.2, -0.15) is 10.2 Å². The molecule has 2 aromatic heterocycles. The standard InChI is InChI=1S/C23H24F2N6O2/c1-15(2)17-4-7-19(8-5-17)30-14-28-31(22(30)32)16(3)23(33,11-29-13-26-12-27-29)20-9-6-18(24)10-21(20)25/h4-10,12-16,33H,11H2,1-3H3/t16-,23-/m1/s1. The van der Waals surface area contributed by atoms with E-state index in [2.05, 4.69) is 29.0 Å². The molecule has 0 fully saturated rings. The molecule has 4 rings (SSSR count). The zero-order chi connectivity index (χ0) is 23.8. The highest BCUT2D eigenvalue weighted by atomic mass is 19.1. The van der Waals surface area contributed by atoms with Crippen LogP contribution in [0.5, 0.6) is 0 Å². The van der Waals surface area contributed by atoms with Crippen molar-refractivity contribution in [3.8, 4) is 5.69 Å². The summed E-state index contributed by atoms with van der Waals surface area (Å²) in [4.78, 5) is 17.1. The molecule has 172 valence electrons. The maximum atomic E-state index is 14.8. The Balaban J connectivity index is 1.77. The molecule has 0 saturated carbocycles. The molecule has 0 unspecified atom stereocenters. The molecule has 0 spiro atoms. The fourth-order valence-corrected chi connectivity index (χ4v) is 3.83. The number of aliphatic hydroxyl groups is 1. The van der Waals surface area contributed by atoms with Crippen LogP contribution in [0.25, 0.3) is 5.69 Å². The van der Waals surface area contributed by atoms with Crippen molar-refractivity contribution < 1.29 is 13.9 Å². The Hall–Kier alpha value is -3.66. The van der Waals surface area contributed by atoms with Crippen LogP contribution in [0, 0.1) is 11.6 Å². The molecule has 2 aromatic carbocycles. The van der Waals surface area contributed by atoms with Gasteiger partial charge in [0.15, 0.2) is 0 Å². The third-order valence-electron chi connectivity index (χ3n) is 5.86. The molecule has 0 aliphatic rings. The molecule has 0 bridgehead atoms. The number of hydrogen-bond acceptors (Lipinski definition) is 5. The molecular weight excluding hydrogens is 430 g/mol. The number of nitrogens with zero attached hydrogens (tertiary/aromatic N) is 6. The summed E-state index contributed by atoms with van der Waals surface area (Å²) in [5.41, 5.74) is -0.957. The third-order valence-corrected chi connectivity index (χ3v) is 5.86. The first-order chi connectivity index (χ1) is 15.7. The Bertz CT molecular complexity index is 1300. The van der Waals surface area contributed by atoms with E-state index in [-0.39, 0.29) is 12.1 Å². The van der Waals surface area contributed by atoms with Gasteiger partial charge < -0.3 is 5.11 Å². The van der Waals surface area contributed by atoms with Crippen LogP contribution in [0.4, 0.5) is 8.78 Å². The molecule has 2 heterocycles. The van der Waals surface area contributed by atoms with E-state index in [4.69, 9.17) is 0 Å². The topological polar surface area (TPSA) is 90.8 Å². The number of benzene rings is 2. The monoisotopic (exact) mass is 454 g/mol. The van der Waals surface area contributed by atoms with E-state index in [0.29, 0.717) is 17.7 Å². The number of rotatable bonds is 7. The van der Waals surface area contributed by atoms with Gasteiger partial charge in [0.2, 0.25) is 0 Å². The molecular formula is C23H24F2N6O2. The van der Waals surface area contributed by atoms with Crippen molar-refractivity contribution in [3.05, 3.63) is 94.7 Å². The molecule has 0 aliphatic carbocycles. The second-order valence-corrected chi connectivity index (χ2v) is 8.29. The lowest BCUT2D eigenvalue weighted by Crippen LogP contribution is -2.44. The Kier molecular flexibility index (Phi) is 5.94. The molecule has 0 aliphatic heterocycles. The Morgan fingerprint density at radius 1 is 1.03 bits per heavy atom. The van der Waals surface area contributed by atoms with Crippen molar-refractivity contribution in [2.75, 3.05) is 0 Å². The van der Waals surface area contributed by atoms with E-state index in [1.165, 1.54) is 28.2 Å². The van der Waals surface area contributed by atoms with Crippen molar-refractivity contribution in [1.82, 2.24) is 29.1 Å². The lowest BCUT2D eigenvalue weighted by molar-refractivity contribution is -0.0381. The zero-order valence-corrected chi connectivity index (χ0v) is 18.4. The summed E-state index contributed by atoms with van der Waals surface area (Å²) in [5, 5.41) is 19.9.